The predicted octanol–water partition coefficient (Wildman–Crippen LogP) is 4.22. The highest BCUT2D eigenvalue weighted by atomic mass is 32.1. The van der Waals surface area contributed by atoms with Gasteiger partial charge in [-0.1, -0.05) is 31.6 Å². The molecule has 1 saturated carbocycles. The van der Waals surface area contributed by atoms with Crippen LogP contribution in [0, 0.1) is 11.3 Å². The van der Waals surface area contributed by atoms with Gasteiger partial charge in [-0.2, -0.15) is 13.2 Å². The third-order valence-electron chi connectivity index (χ3n) is 5.09. The van der Waals surface area contributed by atoms with Crippen molar-refractivity contribution in [3.8, 4) is 0 Å². The number of nitrogens with zero attached hydrogens (tertiary/aromatic N) is 3. The average Bonchev–Trinajstić information content (AvgIpc) is 2.84. The van der Waals surface area contributed by atoms with Crippen molar-refractivity contribution in [3.05, 3.63) is 10.0 Å². The first-order valence-electron chi connectivity index (χ1n) is 7.91. The summed E-state index contributed by atoms with van der Waals surface area (Å²) in [5.41, 5.74) is -0.540. The van der Waals surface area contributed by atoms with Crippen LogP contribution in [0.4, 0.5) is 13.2 Å². The highest BCUT2D eigenvalue weighted by Crippen LogP contribution is 2.56. The summed E-state index contributed by atoms with van der Waals surface area (Å²) >= 11 is 1.58. The van der Waals surface area contributed by atoms with Crippen LogP contribution in [0.2, 0.25) is 0 Å². The van der Waals surface area contributed by atoms with E-state index in [-0.39, 0.29) is 6.42 Å². The second kappa shape index (κ2) is 5.74. The third-order valence-corrected chi connectivity index (χ3v) is 6.30. The molecule has 1 aromatic rings. The molecule has 0 bridgehead atoms. The molecular weight excluding hydrogens is 311 g/mol. The summed E-state index contributed by atoms with van der Waals surface area (Å²) in [7, 11) is 0. The molecule has 1 aromatic heterocycles. The van der Waals surface area contributed by atoms with Crippen LogP contribution >= 0.6 is 11.3 Å². The zero-order valence-corrected chi connectivity index (χ0v) is 13.8. The zero-order valence-electron chi connectivity index (χ0n) is 13.0. The normalized spacial score (nSPS) is 25.6. The van der Waals surface area contributed by atoms with Gasteiger partial charge in [-0.05, 0) is 31.2 Å². The summed E-state index contributed by atoms with van der Waals surface area (Å²) < 4.78 is 39.8. The summed E-state index contributed by atoms with van der Waals surface area (Å²) in [4.78, 5) is 2.14. The van der Waals surface area contributed by atoms with Crippen LogP contribution in [0.1, 0.15) is 55.5 Å². The Labute approximate surface area is 132 Å². The van der Waals surface area contributed by atoms with Crippen molar-refractivity contribution in [1.82, 2.24) is 15.1 Å². The molecule has 2 fully saturated rings. The largest absolute Gasteiger partial charge is 0.392 e. The summed E-state index contributed by atoms with van der Waals surface area (Å²) in [5, 5.41) is 10.3. The molecule has 1 atom stereocenters. The molecule has 0 radical (unpaired) electrons. The minimum atomic E-state index is -4.06. The second-order valence-corrected chi connectivity index (χ2v) is 8.09. The van der Waals surface area contributed by atoms with Crippen molar-refractivity contribution in [3.63, 3.8) is 0 Å². The van der Waals surface area contributed by atoms with Gasteiger partial charge in [0.05, 0.1) is 12.5 Å². The van der Waals surface area contributed by atoms with Gasteiger partial charge >= 0.3 is 6.18 Å². The fraction of sp³-hybridized carbons (Fsp3) is 0.867. The van der Waals surface area contributed by atoms with Crippen molar-refractivity contribution in [1.29, 1.82) is 0 Å². The van der Waals surface area contributed by atoms with E-state index in [1.54, 1.807) is 11.3 Å². The molecule has 1 aliphatic carbocycles. The summed E-state index contributed by atoms with van der Waals surface area (Å²) in [6, 6.07) is 0. The van der Waals surface area contributed by atoms with E-state index in [1.807, 2.05) is 0 Å². The molecule has 0 aromatic carbocycles. The van der Waals surface area contributed by atoms with E-state index >= 15 is 0 Å². The lowest BCUT2D eigenvalue weighted by Crippen LogP contribution is -2.56. The van der Waals surface area contributed by atoms with Crippen LogP contribution in [0.25, 0.3) is 0 Å². The summed E-state index contributed by atoms with van der Waals surface area (Å²) in [6.07, 6.45) is -1.49. The zero-order chi connectivity index (χ0) is 16.0. The molecule has 0 N–H and O–H groups in total. The van der Waals surface area contributed by atoms with Gasteiger partial charge < -0.3 is 0 Å². The SMILES string of the molecule is CC(C)c1nnc(CN2CCC(C(F)(F)F)C3(CCC3)C2)s1. The number of piperidine rings is 1. The van der Waals surface area contributed by atoms with Gasteiger partial charge in [-0.15, -0.1) is 10.2 Å². The lowest BCUT2D eigenvalue weighted by atomic mass is 9.58. The van der Waals surface area contributed by atoms with Crippen molar-refractivity contribution in [2.45, 2.75) is 58.2 Å². The molecule has 124 valence electrons. The first-order valence-corrected chi connectivity index (χ1v) is 8.73. The second-order valence-electron chi connectivity index (χ2n) is 7.00. The average molecular weight is 333 g/mol. The number of alkyl halides is 3. The fourth-order valence-electron chi connectivity index (χ4n) is 3.79. The Morgan fingerprint density at radius 2 is 2.05 bits per heavy atom. The van der Waals surface area contributed by atoms with Crippen molar-refractivity contribution < 1.29 is 13.2 Å². The molecule has 3 nitrogen and oxygen atoms in total. The molecule has 7 heteroatoms. The molecular formula is C15H22F3N3S. The minimum absolute atomic E-state index is 0.222. The maximum Gasteiger partial charge on any atom is 0.392 e. The Morgan fingerprint density at radius 3 is 2.55 bits per heavy atom. The van der Waals surface area contributed by atoms with E-state index in [9.17, 15) is 13.2 Å². The maximum atomic E-state index is 13.3. The lowest BCUT2D eigenvalue weighted by Gasteiger charge is -2.54. The minimum Gasteiger partial charge on any atom is -0.296 e. The Kier molecular flexibility index (Phi) is 4.22. The Morgan fingerprint density at radius 1 is 1.32 bits per heavy atom. The smallest absolute Gasteiger partial charge is 0.296 e. The molecule has 1 unspecified atom stereocenters. The van der Waals surface area contributed by atoms with Gasteiger partial charge in [0.1, 0.15) is 10.0 Å². The molecule has 22 heavy (non-hydrogen) atoms. The van der Waals surface area contributed by atoms with Crippen LogP contribution in [0.5, 0.6) is 0 Å². The molecule has 3 rings (SSSR count). The van der Waals surface area contributed by atoms with Crippen LogP contribution in [-0.2, 0) is 6.54 Å². The number of hydrogen-bond donors (Lipinski definition) is 0. The van der Waals surface area contributed by atoms with Crippen molar-refractivity contribution in [2.24, 2.45) is 11.3 Å². The predicted molar refractivity (Wildman–Crippen MR) is 79.7 cm³/mol. The van der Waals surface area contributed by atoms with Gasteiger partial charge in [0.2, 0.25) is 0 Å². The van der Waals surface area contributed by atoms with Gasteiger partial charge in [0, 0.05) is 12.5 Å². The molecule has 1 spiro atoms. The highest BCUT2D eigenvalue weighted by molar-refractivity contribution is 7.11. The number of hydrogen-bond acceptors (Lipinski definition) is 4. The van der Waals surface area contributed by atoms with Gasteiger partial charge in [0.25, 0.3) is 0 Å². The van der Waals surface area contributed by atoms with E-state index in [0.717, 1.165) is 16.4 Å². The van der Waals surface area contributed by atoms with E-state index in [1.165, 1.54) is 0 Å². The molecule has 2 heterocycles. The van der Waals surface area contributed by atoms with Crippen molar-refractivity contribution in [2.75, 3.05) is 13.1 Å². The maximum absolute atomic E-state index is 13.3. The Balaban J connectivity index is 1.67. The van der Waals surface area contributed by atoms with Gasteiger partial charge in [0.15, 0.2) is 0 Å². The Bertz CT molecular complexity index is 522. The Hall–Kier alpha value is -0.690. The summed E-state index contributed by atoms with van der Waals surface area (Å²) in [6.45, 7) is 5.83. The topological polar surface area (TPSA) is 29.0 Å². The molecule has 1 aliphatic heterocycles. The number of likely N-dealkylation sites (tertiary alicyclic amines) is 1. The third kappa shape index (κ3) is 3.02. The molecule has 0 amide bonds. The van der Waals surface area contributed by atoms with E-state index in [0.29, 0.717) is 38.4 Å². The first-order chi connectivity index (χ1) is 10.3. The standard InChI is InChI=1S/C15H22F3N3S/c1-10(2)13-20-19-12(22-13)8-21-7-4-11(15(16,17)18)14(9-21)5-3-6-14/h10-11H,3-9H2,1-2H3. The lowest BCUT2D eigenvalue weighted by molar-refractivity contribution is -0.238. The van der Waals surface area contributed by atoms with Crippen molar-refractivity contribution >= 4 is 11.3 Å². The number of rotatable bonds is 3. The monoisotopic (exact) mass is 333 g/mol. The quantitative estimate of drug-likeness (QED) is 0.829. The fourth-order valence-corrected chi connectivity index (χ4v) is 4.68. The van der Waals surface area contributed by atoms with E-state index < -0.39 is 17.5 Å². The van der Waals surface area contributed by atoms with Crippen LogP contribution in [-0.4, -0.2) is 34.4 Å². The van der Waals surface area contributed by atoms with Crippen LogP contribution < -0.4 is 0 Å². The van der Waals surface area contributed by atoms with Crippen LogP contribution in [0.15, 0.2) is 0 Å². The summed E-state index contributed by atoms with van der Waals surface area (Å²) in [5.74, 6) is -0.772. The van der Waals surface area contributed by atoms with Gasteiger partial charge in [-0.25, -0.2) is 0 Å². The first kappa shape index (κ1) is 16.2. The molecule has 2 aliphatic rings. The molecule has 1 saturated heterocycles. The van der Waals surface area contributed by atoms with Gasteiger partial charge in [-0.3, -0.25) is 4.90 Å². The number of halogens is 3. The van der Waals surface area contributed by atoms with E-state index in [4.69, 9.17) is 0 Å². The number of aromatic nitrogens is 2. The highest BCUT2D eigenvalue weighted by Gasteiger charge is 2.57. The van der Waals surface area contributed by atoms with Crippen LogP contribution in [0.3, 0.4) is 0 Å². The van der Waals surface area contributed by atoms with E-state index in [2.05, 4.69) is 28.9 Å².